The number of carbonyl (C=O) groups excluding carboxylic acids is 1. The van der Waals surface area contributed by atoms with Crippen molar-refractivity contribution in [2.45, 2.75) is 38.3 Å². The van der Waals surface area contributed by atoms with E-state index in [9.17, 15) is 19.1 Å². The van der Waals surface area contributed by atoms with Gasteiger partial charge in [0.15, 0.2) is 5.54 Å². The summed E-state index contributed by atoms with van der Waals surface area (Å²) >= 11 is 3.29. The number of benzene rings is 1. The lowest BCUT2D eigenvalue weighted by atomic mass is 9.99. The number of hydrogen-bond acceptors (Lipinski definition) is 4. The molecule has 140 valence electrons. The van der Waals surface area contributed by atoms with Crippen molar-refractivity contribution in [2.24, 2.45) is 0 Å². The van der Waals surface area contributed by atoms with Gasteiger partial charge >= 0.3 is 12.1 Å². The Morgan fingerprint density at radius 1 is 1.38 bits per heavy atom. The Morgan fingerprint density at radius 3 is 2.69 bits per heavy atom. The summed E-state index contributed by atoms with van der Waals surface area (Å²) in [5, 5.41) is 14.8. The van der Waals surface area contributed by atoms with Crippen LogP contribution in [0.5, 0.6) is 0 Å². The Morgan fingerprint density at radius 2 is 2.08 bits per heavy atom. The molecule has 3 rings (SSSR count). The molecule has 1 aromatic heterocycles. The van der Waals surface area contributed by atoms with Gasteiger partial charge in [-0.2, -0.15) is 5.10 Å². The predicted molar refractivity (Wildman–Crippen MR) is 95.4 cm³/mol. The second-order valence-corrected chi connectivity index (χ2v) is 8.10. The molecule has 1 aliphatic heterocycles. The summed E-state index contributed by atoms with van der Waals surface area (Å²) in [4.78, 5) is 25.9. The molecule has 9 heteroatoms. The van der Waals surface area contributed by atoms with E-state index in [2.05, 4.69) is 21.0 Å². The monoisotopic (exact) mass is 427 g/mol. The molecule has 26 heavy (non-hydrogen) atoms. The van der Waals surface area contributed by atoms with Gasteiger partial charge in [-0.3, -0.25) is 0 Å². The van der Waals surface area contributed by atoms with Crippen LogP contribution in [0.1, 0.15) is 27.2 Å². The first-order chi connectivity index (χ1) is 12.0. The van der Waals surface area contributed by atoms with E-state index in [1.807, 2.05) is 0 Å². The number of hydrogen-bond donors (Lipinski definition) is 1. The first-order valence-electron chi connectivity index (χ1n) is 8.09. The number of ether oxygens (including phenoxy) is 1. The van der Waals surface area contributed by atoms with Gasteiger partial charge in [-0.1, -0.05) is 0 Å². The van der Waals surface area contributed by atoms with Crippen LogP contribution in [0.15, 0.2) is 22.8 Å². The topological polar surface area (TPSA) is 84.7 Å². The van der Waals surface area contributed by atoms with Gasteiger partial charge in [-0.25, -0.2) is 18.7 Å². The minimum Gasteiger partial charge on any atom is -0.479 e. The van der Waals surface area contributed by atoms with Gasteiger partial charge in [0.25, 0.3) is 0 Å². The molecule has 1 fully saturated rings. The molecule has 1 amide bonds. The number of aliphatic carboxylic acids is 1. The Hall–Kier alpha value is -2.16. The highest BCUT2D eigenvalue weighted by Crippen LogP contribution is 2.35. The predicted octanol–water partition coefficient (Wildman–Crippen LogP) is 3.36. The van der Waals surface area contributed by atoms with Crippen LogP contribution in [-0.2, 0) is 15.1 Å². The van der Waals surface area contributed by atoms with E-state index in [0.29, 0.717) is 15.5 Å². The van der Waals surface area contributed by atoms with Crippen molar-refractivity contribution in [3.05, 3.63) is 28.6 Å². The third-order valence-corrected chi connectivity index (χ3v) is 4.89. The number of fused-ring (bicyclic) bond motifs is 1. The Bertz CT molecular complexity index is 892. The van der Waals surface area contributed by atoms with Crippen LogP contribution in [0.3, 0.4) is 0 Å². The molecule has 1 aromatic carbocycles. The SMILES string of the molecule is CC(C)(C)OC(=O)N1CCC(C(=O)O)(n2nc(Br)c3ccc(F)cc32)C1. The Balaban J connectivity index is 2.03. The van der Waals surface area contributed by atoms with Crippen LogP contribution in [-0.4, -0.2) is 50.5 Å². The second kappa shape index (κ2) is 6.22. The fourth-order valence-corrected chi connectivity index (χ4v) is 3.58. The van der Waals surface area contributed by atoms with Crippen molar-refractivity contribution in [1.82, 2.24) is 14.7 Å². The van der Waals surface area contributed by atoms with E-state index >= 15 is 0 Å². The molecule has 1 N–H and O–H groups in total. The molecule has 1 aliphatic rings. The quantitative estimate of drug-likeness (QED) is 0.793. The van der Waals surface area contributed by atoms with Crippen LogP contribution in [0, 0.1) is 5.82 Å². The molecule has 0 radical (unpaired) electrons. The summed E-state index contributed by atoms with van der Waals surface area (Å²) in [7, 11) is 0. The zero-order chi connectivity index (χ0) is 19.3. The van der Waals surface area contributed by atoms with Crippen molar-refractivity contribution in [3.8, 4) is 0 Å². The molecule has 1 saturated heterocycles. The summed E-state index contributed by atoms with van der Waals surface area (Å²) in [5.74, 6) is -1.63. The van der Waals surface area contributed by atoms with Crippen LogP contribution in [0.2, 0.25) is 0 Å². The molecule has 0 bridgehead atoms. The number of aromatic nitrogens is 2. The molecule has 1 atom stereocenters. The van der Waals surface area contributed by atoms with Crippen LogP contribution in [0.4, 0.5) is 9.18 Å². The Kier molecular flexibility index (Phi) is 4.46. The minimum absolute atomic E-state index is 0.114. The van der Waals surface area contributed by atoms with Gasteiger partial charge in [0.1, 0.15) is 16.0 Å². The van der Waals surface area contributed by atoms with E-state index in [1.54, 1.807) is 20.8 Å². The third-order valence-electron chi connectivity index (χ3n) is 4.30. The van der Waals surface area contributed by atoms with Crippen molar-refractivity contribution >= 4 is 38.9 Å². The Labute approximate surface area is 157 Å². The van der Waals surface area contributed by atoms with Crippen molar-refractivity contribution in [1.29, 1.82) is 0 Å². The lowest BCUT2D eigenvalue weighted by Gasteiger charge is -2.27. The molecule has 2 aromatic rings. The maximum Gasteiger partial charge on any atom is 0.410 e. The van der Waals surface area contributed by atoms with E-state index in [-0.39, 0.29) is 19.5 Å². The smallest absolute Gasteiger partial charge is 0.410 e. The highest BCUT2D eigenvalue weighted by Gasteiger charge is 2.50. The fourth-order valence-electron chi connectivity index (χ4n) is 3.09. The maximum absolute atomic E-state index is 13.7. The zero-order valence-electron chi connectivity index (χ0n) is 14.6. The van der Waals surface area contributed by atoms with Crippen LogP contribution >= 0.6 is 15.9 Å². The average Bonchev–Trinajstić information content (AvgIpc) is 3.09. The average molecular weight is 428 g/mol. The maximum atomic E-state index is 13.7. The summed E-state index contributed by atoms with van der Waals surface area (Å²) in [5.41, 5.74) is -1.82. The molecular weight excluding hydrogens is 409 g/mol. The van der Waals surface area contributed by atoms with Gasteiger partial charge in [0.05, 0.1) is 12.1 Å². The highest BCUT2D eigenvalue weighted by molar-refractivity contribution is 9.10. The van der Waals surface area contributed by atoms with Gasteiger partial charge in [0, 0.05) is 18.4 Å². The lowest BCUT2D eigenvalue weighted by Crippen LogP contribution is -2.46. The molecular formula is C17H19BrFN3O4. The van der Waals surface area contributed by atoms with E-state index < -0.39 is 29.0 Å². The number of halogens is 2. The number of carboxylic acids is 1. The van der Waals surface area contributed by atoms with E-state index in [1.165, 1.54) is 27.8 Å². The number of carbonyl (C=O) groups is 2. The first kappa shape index (κ1) is 18.6. The van der Waals surface area contributed by atoms with Crippen LogP contribution in [0.25, 0.3) is 10.9 Å². The number of amides is 1. The third kappa shape index (κ3) is 3.15. The molecule has 0 spiro atoms. The van der Waals surface area contributed by atoms with Crippen molar-refractivity contribution in [2.75, 3.05) is 13.1 Å². The summed E-state index contributed by atoms with van der Waals surface area (Å²) in [6.45, 7) is 5.32. The normalized spacial score (nSPS) is 20.6. The largest absolute Gasteiger partial charge is 0.479 e. The fraction of sp³-hybridized carbons (Fsp3) is 0.471. The van der Waals surface area contributed by atoms with E-state index in [0.717, 1.165) is 0 Å². The van der Waals surface area contributed by atoms with Crippen molar-refractivity contribution < 1.29 is 23.8 Å². The standard InChI is InChI=1S/C17H19BrFN3O4/c1-16(2,3)26-15(25)21-7-6-17(9-21,14(23)24)22-12-8-10(19)4-5-11(12)13(18)20-22/h4-5,8H,6-7,9H2,1-3H3,(H,23,24). The number of nitrogens with zero attached hydrogens (tertiary/aromatic N) is 3. The summed E-state index contributed by atoms with van der Waals surface area (Å²) in [6, 6.07) is 4.07. The molecule has 2 heterocycles. The van der Waals surface area contributed by atoms with Crippen molar-refractivity contribution in [3.63, 3.8) is 0 Å². The number of likely N-dealkylation sites (tertiary alicyclic amines) is 1. The van der Waals surface area contributed by atoms with Gasteiger partial charge in [-0.05, 0) is 54.9 Å². The van der Waals surface area contributed by atoms with Crippen LogP contribution < -0.4 is 0 Å². The summed E-state index contributed by atoms with van der Waals surface area (Å²) in [6.07, 6.45) is -0.441. The van der Waals surface area contributed by atoms with Gasteiger partial charge < -0.3 is 14.7 Å². The van der Waals surface area contributed by atoms with E-state index in [4.69, 9.17) is 4.74 Å². The molecule has 7 nitrogen and oxygen atoms in total. The molecule has 0 saturated carbocycles. The number of rotatable bonds is 2. The zero-order valence-corrected chi connectivity index (χ0v) is 16.2. The van der Waals surface area contributed by atoms with Gasteiger partial charge in [-0.15, -0.1) is 0 Å². The summed E-state index contributed by atoms with van der Waals surface area (Å²) < 4.78 is 20.8. The second-order valence-electron chi connectivity index (χ2n) is 7.35. The lowest BCUT2D eigenvalue weighted by molar-refractivity contribution is -0.147. The van der Waals surface area contributed by atoms with Gasteiger partial charge in [0.2, 0.25) is 0 Å². The number of carboxylic acid groups (broad SMARTS) is 1. The molecule has 1 unspecified atom stereocenters. The molecule has 0 aliphatic carbocycles. The first-order valence-corrected chi connectivity index (χ1v) is 8.88. The minimum atomic E-state index is -1.49. The highest BCUT2D eigenvalue weighted by atomic mass is 79.9.